The second-order valence-corrected chi connectivity index (χ2v) is 6.90. The number of halogens is 1. The molecule has 1 unspecified atom stereocenters. The Bertz CT molecular complexity index is 749. The van der Waals surface area contributed by atoms with E-state index in [9.17, 15) is 13.4 Å². The number of methoxy groups -OCH3 is 1. The smallest absolute Gasteiger partial charge is 0.232 e. The molecule has 0 fully saturated rings. The molecule has 0 aromatic heterocycles. The van der Waals surface area contributed by atoms with Crippen molar-refractivity contribution in [1.29, 1.82) is 0 Å². The number of hydrogen-bond donors (Lipinski definition) is 1. The molecule has 0 aliphatic rings. The fourth-order valence-corrected chi connectivity index (χ4v) is 3.19. The van der Waals surface area contributed by atoms with Gasteiger partial charge >= 0.3 is 0 Å². The first-order valence-corrected chi connectivity index (χ1v) is 8.96. The maximum Gasteiger partial charge on any atom is 0.232 e. The number of ether oxygens (including phenoxy) is 1. The van der Waals surface area contributed by atoms with E-state index in [1.165, 1.54) is 6.07 Å². The first-order valence-electron chi connectivity index (χ1n) is 7.47. The number of nitrogens with one attached hydrogen (secondary N) is 1. The summed E-state index contributed by atoms with van der Waals surface area (Å²) in [5.74, 6) is 0.255. The predicted molar refractivity (Wildman–Crippen MR) is 92.7 cm³/mol. The van der Waals surface area contributed by atoms with Gasteiger partial charge < -0.3 is 10.1 Å². The van der Waals surface area contributed by atoms with E-state index in [2.05, 4.69) is 5.32 Å². The van der Waals surface area contributed by atoms with E-state index >= 15 is 0 Å². The van der Waals surface area contributed by atoms with Gasteiger partial charge in [0.1, 0.15) is 17.3 Å². The van der Waals surface area contributed by atoms with Gasteiger partial charge in [-0.2, -0.15) is 0 Å². The van der Waals surface area contributed by atoms with Crippen LogP contribution in [0, 0.1) is 12.7 Å². The molecule has 128 valence electrons. The number of rotatable bonds is 7. The van der Waals surface area contributed by atoms with Gasteiger partial charge in [0.25, 0.3) is 0 Å². The van der Waals surface area contributed by atoms with Crippen molar-refractivity contribution in [3.05, 3.63) is 65.0 Å². The Morgan fingerprint density at radius 2 is 2.00 bits per heavy atom. The molecular formula is C18H20FNO3S. The summed E-state index contributed by atoms with van der Waals surface area (Å²) < 4.78 is 30.6. The normalized spacial score (nSPS) is 11.8. The lowest BCUT2D eigenvalue weighted by atomic mass is 10.1. The van der Waals surface area contributed by atoms with Crippen LogP contribution in [0.4, 0.5) is 4.39 Å². The monoisotopic (exact) mass is 349 g/mol. The van der Waals surface area contributed by atoms with Crippen molar-refractivity contribution in [3.8, 4) is 5.75 Å². The minimum Gasteiger partial charge on any atom is -0.497 e. The molecule has 1 N–H and O–H groups in total. The second-order valence-electron chi connectivity index (χ2n) is 5.44. The van der Waals surface area contributed by atoms with Crippen molar-refractivity contribution in [2.45, 2.75) is 19.2 Å². The molecule has 24 heavy (non-hydrogen) atoms. The van der Waals surface area contributed by atoms with Gasteiger partial charge in [0.05, 0.1) is 7.11 Å². The Morgan fingerprint density at radius 1 is 1.21 bits per heavy atom. The summed E-state index contributed by atoms with van der Waals surface area (Å²) in [5, 5.41) is 2.66. The number of carbonyl (C=O) groups is 1. The van der Waals surface area contributed by atoms with Crippen LogP contribution < -0.4 is 10.1 Å². The Labute approximate surface area is 143 Å². The molecule has 0 saturated carbocycles. The molecule has 1 atom stereocenters. The first kappa shape index (κ1) is 18.1. The van der Waals surface area contributed by atoms with Crippen LogP contribution in [0.15, 0.2) is 42.5 Å². The van der Waals surface area contributed by atoms with Gasteiger partial charge in [-0.3, -0.25) is 9.00 Å². The number of benzene rings is 2. The molecule has 1 amide bonds. The highest BCUT2D eigenvalue weighted by atomic mass is 32.2. The van der Waals surface area contributed by atoms with Crippen molar-refractivity contribution >= 4 is 16.7 Å². The molecule has 0 heterocycles. The largest absolute Gasteiger partial charge is 0.497 e. The van der Waals surface area contributed by atoms with Gasteiger partial charge in [-0.1, -0.05) is 24.3 Å². The maximum atomic E-state index is 13.4. The van der Waals surface area contributed by atoms with Gasteiger partial charge in [0.2, 0.25) is 5.91 Å². The zero-order valence-corrected chi connectivity index (χ0v) is 14.5. The minimum atomic E-state index is -1.32. The zero-order chi connectivity index (χ0) is 17.5. The fraction of sp³-hybridized carbons (Fsp3) is 0.278. The summed E-state index contributed by atoms with van der Waals surface area (Å²) in [4.78, 5) is 11.9. The van der Waals surface area contributed by atoms with Crippen molar-refractivity contribution in [2.75, 3.05) is 12.9 Å². The second kappa shape index (κ2) is 8.59. The molecule has 0 saturated heterocycles. The highest BCUT2D eigenvalue weighted by Crippen LogP contribution is 2.14. The Balaban J connectivity index is 1.82. The van der Waals surface area contributed by atoms with Crippen LogP contribution in [0.1, 0.15) is 16.7 Å². The lowest BCUT2D eigenvalue weighted by Gasteiger charge is -2.07. The van der Waals surface area contributed by atoms with Crippen molar-refractivity contribution in [1.82, 2.24) is 5.32 Å². The predicted octanol–water partition coefficient (Wildman–Crippen LogP) is 2.71. The molecule has 0 bridgehead atoms. The average Bonchev–Trinajstić information content (AvgIpc) is 2.56. The highest BCUT2D eigenvalue weighted by Gasteiger charge is 2.10. The summed E-state index contributed by atoms with van der Waals surface area (Å²) in [5.41, 5.74) is 2.08. The fourth-order valence-electron chi connectivity index (χ4n) is 2.14. The summed E-state index contributed by atoms with van der Waals surface area (Å²) in [7, 11) is 0.248. The van der Waals surface area contributed by atoms with Crippen LogP contribution in [-0.2, 0) is 27.9 Å². The topological polar surface area (TPSA) is 55.4 Å². The lowest BCUT2D eigenvalue weighted by molar-refractivity contribution is -0.118. The summed E-state index contributed by atoms with van der Waals surface area (Å²) in [6.07, 6.45) is 0. The van der Waals surface area contributed by atoms with Crippen LogP contribution in [-0.4, -0.2) is 23.0 Å². The molecule has 0 radical (unpaired) electrons. The van der Waals surface area contributed by atoms with Gasteiger partial charge in [-0.05, 0) is 41.8 Å². The first-order chi connectivity index (χ1) is 11.5. The summed E-state index contributed by atoms with van der Waals surface area (Å²) in [6, 6.07) is 12.1. The third-order valence-electron chi connectivity index (χ3n) is 3.48. The molecule has 6 heteroatoms. The molecule has 2 aromatic rings. The molecule has 2 rings (SSSR count). The Hall–Kier alpha value is -2.21. The zero-order valence-electron chi connectivity index (χ0n) is 13.7. The molecule has 2 aromatic carbocycles. The number of carbonyl (C=O) groups excluding carboxylic acids is 1. The van der Waals surface area contributed by atoms with E-state index in [1.807, 2.05) is 12.1 Å². The number of hydrogen-bond acceptors (Lipinski definition) is 3. The van der Waals surface area contributed by atoms with Crippen LogP contribution in [0.25, 0.3) is 0 Å². The third-order valence-corrected chi connectivity index (χ3v) is 4.72. The van der Waals surface area contributed by atoms with E-state index in [0.717, 1.165) is 5.56 Å². The SMILES string of the molecule is COc1cccc(CS(=O)CC(=O)NCc2ccc(C)c(F)c2)c1. The minimum absolute atomic E-state index is 0.0917. The van der Waals surface area contributed by atoms with Crippen molar-refractivity contribution in [3.63, 3.8) is 0 Å². The van der Waals surface area contributed by atoms with E-state index < -0.39 is 10.8 Å². The Kier molecular flexibility index (Phi) is 6.49. The molecule has 4 nitrogen and oxygen atoms in total. The third kappa shape index (κ3) is 5.45. The maximum absolute atomic E-state index is 13.4. The standard InChI is InChI=1S/C18H20FNO3S/c1-13-6-7-14(9-17(13)19)10-20-18(21)12-24(22)11-15-4-3-5-16(8-15)23-2/h3-9H,10-12H2,1-2H3,(H,20,21). The van der Waals surface area contributed by atoms with Crippen LogP contribution in [0.3, 0.4) is 0 Å². The van der Waals surface area contributed by atoms with Crippen LogP contribution >= 0.6 is 0 Å². The van der Waals surface area contributed by atoms with E-state index in [0.29, 0.717) is 16.9 Å². The summed E-state index contributed by atoms with van der Waals surface area (Å²) in [6.45, 7) is 1.89. The van der Waals surface area contributed by atoms with E-state index in [1.54, 1.807) is 38.3 Å². The lowest BCUT2D eigenvalue weighted by Crippen LogP contribution is -2.28. The molecule has 0 aliphatic heterocycles. The molecule has 0 aliphatic carbocycles. The van der Waals surface area contributed by atoms with Crippen LogP contribution in [0.2, 0.25) is 0 Å². The van der Waals surface area contributed by atoms with E-state index in [-0.39, 0.29) is 29.8 Å². The highest BCUT2D eigenvalue weighted by molar-refractivity contribution is 7.84. The quantitative estimate of drug-likeness (QED) is 0.836. The molecular weight excluding hydrogens is 329 g/mol. The van der Waals surface area contributed by atoms with Crippen molar-refractivity contribution < 1.29 is 18.1 Å². The number of aryl methyl sites for hydroxylation is 1. The Morgan fingerprint density at radius 3 is 2.71 bits per heavy atom. The van der Waals surface area contributed by atoms with E-state index in [4.69, 9.17) is 4.74 Å². The summed E-state index contributed by atoms with van der Waals surface area (Å²) >= 11 is 0. The van der Waals surface area contributed by atoms with Crippen LogP contribution in [0.5, 0.6) is 5.75 Å². The van der Waals surface area contributed by atoms with Gasteiger partial charge in [0, 0.05) is 23.1 Å². The van der Waals surface area contributed by atoms with Gasteiger partial charge in [0.15, 0.2) is 0 Å². The average molecular weight is 349 g/mol. The molecule has 0 spiro atoms. The van der Waals surface area contributed by atoms with Gasteiger partial charge in [-0.25, -0.2) is 4.39 Å². The van der Waals surface area contributed by atoms with Crippen molar-refractivity contribution in [2.24, 2.45) is 0 Å². The van der Waals surface area contributed by atoms with Gasteiger partial charge in [-0.15, -0.1) is 0 Å². The number of amides is 1.